The molecule has 2 rings (SSSR count). The molecule has 1 aromatic carbocycles. The van der Waals surface area contributed by atoms with Crippen molar-refractivity contribution < 1.29 is 5.11 Å². The molecule has 0 fully saturated rings. The number of nitrogens with one attached hydrogen (secondary N) is 1. The minimum Gasteiger partial charge on any atom is -0.392 e. The molecule has 0 aliphatic carbocycles. The van der Waals surface area contributed by atoms with E-state index in [4.69, 9.17) is 5.11 Å². The molecular weight excluding hydrogens is 268 g/mol. The molecule has 1 unspecified atom stereocenters. The summed E-state index contributed by atoms with van der Waals surface area (Å²) in [7, 11) is 0. The van der Waals surface area contributed by atoms with Crippen LogP contribution < -0.4 is 5.32 Å². The van der Waals surface area contributed by atoms with Crippen molar-refractivity contribution in [2.75, 3.05) is 13.1 Å². The van der Waals surface area contributed by atoms with Gasteiger partial charge in [0.05, 0.1) is 16.8 Å². The smallest absolute Gasteiger partial charge is 0.0945 e. The summed E-state index contributed by atoms with van der Waals surface area (Å²) >= 11 is 1.70. The summed E-state index contributed by atoms with van der Waals surface area (Å²) in [5.41, 5.74) is 3.59. The van der Waals surface area contributed by atoms with E-state index in [-0.39, 0.29) is 6.10 Å². The maximum atomic E-state index is 9.17. The third kappa shape index (κ3) is 4.40. The van der Waals surface area contributed by atoms with Gasteiger partial charge in [0.15, 0.2) is 0 Å². The van der Waals surface area contributed by atoms with Crippen molar-refractivity contribution in [3.8, 4) is 11.3 Å². The second-order valence-corrected chi connectivity index (χ2v) is 5.92. The SMILES string of the molecule is CCc1ccc(-c2csc(CCNCC(C)O)n2)cc1. The van der Waals surface area contributed by atoms with Crippen LogP contribution in [0.3, 0.4) is 0 Å². The molecule has 3 nitrogen and oxygen atoms in total. The van der Waals surface area contributed by atoms with Crippen LogP contribution >= 0.6 is 11.3 Å². The molecule has 0 saturated heterocycles. The molecule has 0 saturated carbocycles. The minimum absolute atomic E-state index is 0.293. The van der Waals surface area contributed by atoms with Gasteiger partial charge >= 0.3 is 0 Å². The standard InChI is InChI=1S/C16H22N2OS/c1-3-13-4-6-14(7-5-13)15-11-20-16(18-15)8-9-17-10-12(2)19/h4-7,11-12,17,19H,3,8-10H2,1-2H3. The van der Waals surface area contributed by atoms with Crippen molar-refractivity contribution in [3.63, 3.8) is 0 Å². The van der Waals surface area contributed by atoms with E-state index in [0.29, 0.717) is 6.54 Å². The zero-order valence-electron chi connectivity index (χ0n) is 12.1. The highest BCUT2D eigenvalue weighted by atomic mass is 32.1. The van der Waals surface area contributed by atoms with Gasteiger partial charge in [0.25, 0.3) is 0 Å². The summed E-state index contributed by atoms with van der Waals surface area (Å²) in [5, 5.41) is 15.6. The number of aliphatic hydroxyl groups is 1. The number of rotatable bonds is 7. The molecule has 0 bridgehead atoms. The van der Waals surface area contributed by atoms with Gasteiger partial charge in [-0.15, -0.1) is 11.3 Å². The minimum atomic E-state index is -0.293. The molecule has 20 heavy (non-hydrogen) atoms. The fourth-order valence-corrected chi connectivity index (χ4v) is 2.78. The lowest BCUT2D eigenvalue weighted by Gasteiger charge is -2.04. The van der Waals surface area contributed by atoms with E-state index in [1.165, 1.54) is 11.1 Å². The van der Waals surface area contributed by atoms with Gasteiger partial charge in [0.2, 0.25) is 0 Å². The van der Waals surface area contributed by atoms with Crippen molar-refractivity contribution in [2.45, 2.75) is 32.8 Å². The van der Waals surface area contributed by atoms with Crippen molar-refractivity contribution in [1.82, 2.24) is 10.3 Å². The van der Waals surface area contributed by atoms with E-state index in [0.717, 1.165) is 30.1 Å². The molecule has 108 valence electrons. The van der Waals surface area contributed by atoms with E-state index in [2.05, 4.69) is 46.9 Å². The molecule has 1 atom stereocenters. The lowest BCUT2D eigenvalue weighted by atomic mass is 10.1. The summed E-state index contributed by atoms with van der Waals surface area (Å²) in [4.78, 5) is 4.67. The Labute approximate surface area is 124 Å². The molecule has 0 radical (unpaired) electrons. The van der Waals surface area contributed by atoms with Gasteiger partial charge in [-0.2, -0.15) is 0 Å². The first kappa shape index (κ1) is 15.2. The Morgan fingerprint density at radius 3 is 2.70 bits per heavy atom. The zero-order chi connectivity index (χ0) is 14.4. The first-order chi connectivity index (χ1) is 9.69. The summed E-state index contributed by atoms with van der Waals surface area (Å²) in [6.07, 6.45) is 1.68. The van der Waals surface area contributed by atoms with E-state index >= 15 is 0 Å². The average Bonchev–Trinajstić information content (AvgIpc) is 2.92. The van der Waals surface area contributed by atoms with Crippen LogP contribution in [0.5, 0.6) is 0 Å². The largest absolute Gasteiger partial charge is 0.392 e. The van der Waals surface area contributed by atoms with Crippen LogP contribution in [0.4, 0.5) is 0 Å². The molecular formula is C16H22N2OS. The van der Waals surface area contributed by atoms with Gasteiger partial charge in [-0.05, 0) is 18.9 Å². The molecule has 0 aliphatic heterocycles. The van der Waals surface area contributed by atoms with Gasteiger partial charge in [-0.25, -0.2) is 4.98 Å². The molecule has 2 N–H and O–H groups in total. The van der Waals surface area contributed by atoms with E-state index in [1.807, 2.05) is 0 Å². The first-order valence-electron chi connectivity index (χ1n) is 7.11. The quantitative estimate of drug-likeness (QED) is 0.771. The average molecular weight is 290 g/mol. The van der Waals surface area contributed by atoms with Crippen LogP contribution in [-0.4, -0.2) is 29.3 Å². The van der Waals surface area contributed by atoms with Crippen LogP contribution in [0.15, 0.2) is 29.6 Å². The Balaban J connectivity index is 1.90. The Bertz CT molecular complexity index is 520. The Morgan fingerprint density at radius 1 is 1.30 bits per heavy atom. The maximum absolute atomic E-state index is 9.17. The Morgan fingerprint density at radius 2 is 2.05 bits per heavy atom. The number of thiazole rings is 1. The van der Waals surface area contributed by atoms with Gasteiger partial charge in [0, 0.05) is 30.5 Å². The monoisotopic (exact) mass is 290 g/mol. The van der Waals surface area contributed by atoms with Crippen LogP contribution in [0.1, 0.15) is 24.4 Å². The van der Waals surface area contributed by atoms with Gasteiger partial charge < -0.3 is 10.4 Å². The number of aromatic nitrogens is 1. The normalized spacial score (nSPS) is 12.6. The third-order valence-electron chi connectivity index (χ3n) is 3.17. The maximum Gasteiger partial charge on any atom is 0.0945 e. The number of aliphatic hydroxyl groups excluding tert-OH is 1. The third-order valence-corrected chi connectivity index (χ3v) is 4.07. The molecule has 0 spiro atoms. The highest BCUT2D eigenvalue weighted by molar-refractivity contribution is 7.09. The van der Waals surface area contributed by atoms with Crippen LogP contribution in [0.2, 0.25) is 0 Å². The lowest BCUT2D eigenvalue weighted by molar-refractivity contribution is 0.191. The van der Waals surface area contributed by atoms with Gasteiger partial charge in [0.1, 0.15) is 0 Å². The van der Waals surface area contributed by atoms with Crippen molar-refractivity contribution >= 4 is 11.3 Å². The van der Waals surface area contributed by atoms with Crippen LogP contribution in [-0.2, 0) is 12.8 Å². The van der Waals surface area contributed by atoms with Crippen molar-refractivity contribution in [2.24, 2.45) is 0 Å². The number of aryl methyl sites for hydroxylation is 1. The fourth-order valence-electron chi connectivity index (χ4n) is 1.98. The highest BCUT2D eigenvalue weighted by Gasteiger charge is 2.04. The molecule has 1 aromatic heterocycles. The molecule has 1 heterocycles. The summed E-state index contributed by atoms with van der Waals surface area (Å²) in [6, 6.07) is 8.61. The Hall–Kier alpha value is -1.23. The van der Waals surface area contributed by atoms with Crippen LogP contribution in [0.25, 0.3) is 11.3 Å². The second kappa shape index (κ2) is 7.53. The number of hydrogen-bond donors (Lipinski definition) is 2. The summed E-state index contributed by atoms with van der Waals surface area (Å²) in [6.45, 7) is 5.44. The predicted molar refractivity (Wildman–Crippen MR) is 85.2 cm³/mol. The molecule has 0 aliphatic rings. The molecule has 2 aromatic rings. The van der Waals surface area contributed by atoms with Crippen molar-refractivity contribution in [1.29, 1.82) is 0 Å². The zero-order valence-corrected chi connectivity index (χ0v) is 12.9. The predicted octanol–water partition coefficient (Wildman–Crippen LogP) is 2.89. The first-order valence-corrected chi connectivity index (χ1v) is 7.99. The Kier molecular flexibility index (Phi) is 5.71. The number of nitrogens with zero attached hydrogens (tertiary/aromatic N) is 1. The summed E-state index contributed by atoms with van der Waals surface area (Å²) in [5.74, 6) is 0. The number of hydrogen-bond acceptors (Lipinski definition) is 4. The highest BCUT2D eigenvalue weighted by Crippen LogP contribution is 2.22. The lowest BCUT2D eigenvalue weighted by Crippen LogP contribution is -2.26. The van der Waals surface area contributed by atoms with Crippen LogP contribution in [0, 0.1) is 0 Å². The number of benzene rings is 1. The van der Waals surface area contributed by atoms with Gasteiger partial charge in [-0.1, -0.05) is 31.2 Å². The van der Waals surface area contributed by atoms with Gasteiger partial charge in [-0.3, -0.25) is 0 Å². The second-order valence-electron chi connectivity index (χ2n) is 4.98. The van der Waals surface area contributed by atoms with E-state index in [9.17, 15) is 0 Å². The van der Waals surface area contributed by atoms with E-state index in [1.54, 1.807) is 18.3 Å². The fraction of sp³-hybridized carbons (Fsp3) is 0.438. The topological polar surface area (TPSA) is 45.1 Å². The van der Waals surface area contributed by atoms with E-state index < -0.39 is 0 Å². The summed E-state index contributed by atoms with van der Waals surface area (Å²) < 4.78 is 0. The molecule has 4 heteroatoms. The van der Waals surface area contributed by atoms with Crippen molar-refractivity contribution in [3.05, 3.63) is 40.2 Å². The molecule has 0 amide bonds.